The molecular formula is C13H13IOS. The minimum absolute atomic E-state index is 0.657. The first-order valence-electron chi connectivity index (χ1n) is 5.09. The highest BCUT2D eigenvalue weighted by Crippen LogP contribution is 2.28. The van der Waals surface area contributed by atoms with Crippen LogP contribution in [0.1, 0.15) is 17.4 Å². The third-order valence-corrected chi connectivity index (χ3v) is 4.36. The normalized spacial score (nSPS) is 14.7. The lowest BCUT2D eigenvalue weighted by Gasteiger charge is -2.21. The fourth-order valence-corrected chi connectivity index (χ4v) is 2.82. The smallest absolute Gasteiger partial charge is 0.0999 e. The number of rotatable bonds is 3. The van der Waals surface area contributed by atoms with Crippen molar-refractivity contribution in [2.24, 2.45) is 0 Å². The third kappa shape index (κ3) is 2.84. The van der Waals surface area contributed by atoms with Crippen LogP contribution < -0.4 is 0 Å². The Balaban J connectivity index is 2.18. The molecule has 84 valence electrons. The van der Waals surface area contributed by atoms with Gasteiger partial charge in [-0.2, -0.15) is 0 Å². The van der Waals surface area contributed by atoms with Gasteiger partial charge < -0.3 is 5.11 Å². The van der Waals surface area contributed by atoms with E-state index in [9.17, 15) is 5.11 Å². The summed E-state index contributed by atoms with van der Waals surface area (Å²) in [5.41, 5.74) is 0.403. The Hall–Kier alpha value is -0.390. The first-order chi connectivity index (χ1) is 7.58. The quantitative estimate of drug-likeness (QED) is 0.840. The first kappa shape index (κ1) is 12.1. The Morgan fingerprint density at radius 3 is 2.50 bits per heavy atom. The van der Waals surface area contributed by atoms with E-state index in [0.29, 0.717) is 6.42 Å². The van der Waals surface area contributed by atoms with Crippen LogP contribution in [0.25, 0.3) is 0 Å². The Morgan fingerprint density at radius 1 is 1.25 bits per heavy atom. The summed E-state index contributed by atoms with van der Waals surface area (Å²) in [5, 5.41) is 12.4. The molecule has 0 aliphatic rings. The van der Waals surface area contributed by atoms with Crippen LogP contribution in [0.4, 0.5) is 0 Å². The van der Waals surface area contributed by atoms with Gasteiger partial charge in [0.15, 0.2) is 0 Å². The van der Waals surface area contributed by atoms with Crippen LogP contribution in [-0.2, 0) is 12.0 Å². The average Bonchev–Trinajstić information content (AvgIpc) is 2.75. The van der Waals surface area contributed by atoms with Gasteiger partial charge >= 0.3 is 0 Å². The molecule has 1 heterocycles. The van der Waals surface area contributed by atoms with E-state index in [2.05, 4.69) is 46.9 Å². The summed E-state index contributed by atoms with van der Waals surface area (Å²) in [6.07, 6.45) is 0.657. The summed E-state index contributed by atoms with van der Waals surface area (Å²) < 4.78 is 1.22. The van der Waals surface area contributed by atoms with Gasteiger partial charge in [0.25, 0.3) is 0 Å². The molecular weight excluding hydrogens is 331 g/mol. The molecule has 0 saturated heterocycles. The molecule has 0 amide bonds. The van der Waals surface area contributed by atoms with E-state index in [4.69, 9.17) is 0 Å². The van der Waals surface area contributed by atoms with Gasteiger partial charge in [0, 0.05) is 14.9 Å². The van der Waals surface area contributed by atoms with Crippen LogP contribution >= 0.6 is 33.9 Å². The monoisotopic (exact) mass is 344 g/mol. The SMILES string of the molecule is CC(O)(Cc1ccc(I)cc1)c1cccs1. The minimum Gasteiger partial charge on any atom is -0.384 e. The number of benzene rings is 1. The predicted octanol–water partition coefficient (Wildman–Crippen LogP) is 3.80. The van der Waals surface area contributed by atoms with Crippen molar-refractivity contribution >= 4 is 33.9 Å². The van der Waals surface area contributed by atoms with E-state index in [0.717, 1.165) is 4.88 Å². The molecule has 1 N–H and O–H groups in total. The van der Waals surface area contributed by atoms with Gasteiger partial charge in [-0.3, -0.25) is 0 Å². The van der Waals surface area contributed by atoms with E-state index in [1.54, 1.807) is 11.3 Å². The van der Waals surface area contributed by atoms with Crippen molar-refractivity contribution in [3.63, 3.8) is 0 Å². The van der Waals surface area contributed by atoms with Gasteiger partial charge in [0.05, 0.1) is 5.60 Å². The zero-order chi connectivity index (χ0) is 11.6. The molecule has 2 rings (SSSR count). The maximum Gasteiger partial charge on any atom is 0.0999 e. The van der Waals surface area contributed by atoms with Crippen LogP contribution in [0.2, 0.25) is 0 Å². The number of hydrogen-bond acceptors (Lipinski definition) is 2. The van der Waals surface area contributed by atoms with E-state index in [-0.39, 0.29) is 0 Å². The first-order valence-corrected chi connectivity index (χ1v) is 7.04. The molecule has 0 aliphatic carbocycles. The minimum atomic E-state index is -0.763. The van der Waals surface area contributed by atoms with E-state index >= 15 is 0 Å². The molecule has 1 aromatic heterocycles. The molecule has 0 spiro atoms. The predicted molar refractivity (Wildman–Crippen MR) is 76.8 cm³/mol. The summed E-state index contributed by atoms with van der Waals surface area (Å²) in [4.78, 5) is 1.02. The molecule has 0 aliphatic heterocycles. The van der Waals surface area contributed by atoms with Crippen LogP contribution in [0, 0.1) is 3.57 Å². The molecule has 0 fully saturated rings. The van der Waals surface area contributed by atoms with E-state index in [1.807, 2.05) is 24.4 Å². The largest absolute Gasteiger partial charge is 0.384 e. The Morgan fingerprint density at radius 2 is 1.94 bits per heavy atom. The summed E-state index contributed by atoms with van der Waals surface area (Å²) >= 11 is 3.88. The summed E-state index contributed by atoms with van der Waals surface area (Å²) in [6.45, 7) is 1.87. The maximum absolute atomic E-state index is 10.4. The summed E-state index contributed by atoms with van der Waals surface area (Å²) in [6, 6.07) is 12.2. The molecule has 1 atom stereocenters. The molecule has 0 saturated carbocycles. The topological polar surface area (TPSA) is 20.2 Å². The Labute approximate surface area is 113 Å². The van der Waals surface area contributed by atoms with Crippen molar-refractivity contribution in [1.29, 1.82) is 0 Å². The van der Waals surface area contributed by atoms with Gasteiger partial charge in [-0.25, -0.2) is 0 Å². The van der Waals surface area contributed by atoms with Crippen LogP contribution in [-0.4, -0.2) is 5.11 Å². The van der Waals surface area contributed by atoms with Gasteiger partial charge in [-0.1, -0.05) is 18.2 Å². The number of thiophene rings is 1. The number of aliphatic hydroxyl groups is 1. The molecule has 1 unspecified atom stereocenters. The zero-order valence-corrected chi connectivity index (χ0v) is 12.0. The number of hydrogen-bond donors (Lipinski definition) is 1. The maximum atomic E-state index is 10.4. The third-order valence-electron chi connectivity index (χ3n) is 2.51. The standard InChI is InChI=1S/C13H13IOS/c1-13(15,12-3-2-8-16-12)9-10-4-6-11(14)7-5-10/h2-8,15H,9H2,1H3. The lowest BCUT2D eigenvalue weighted by molar-refractivity contribution is 0.0615. The van der Waals surface area contributed by atoms with Gasteiger partial charge in [0.2, 0.25) is 0 Å². The molecule has 1 aromatic carbocycles. The molecule has 1 nitrogen and oxygen atoms in total. The van der Waals surface area contributed by atoms with Crippen molar-refractivity contribution in [1.82, 2.24) is 0 Å². The number of halogens is 1. The lowest BCUT2D eigenvalue weighted by Crippen LogP contribution is -2.22. The molecule has 3 heteroatoms. The Kier molecular flexibility index (Phi) is 3.66. The molecule has 0 radical (unpaired) electrons. The highest BCUT2D eigenvalue weighted by Gasteiger charge is 2.24. The van der Waals surface area contributed by atoms with Crippen molar-refractivity contribution in [3.05, 3.63) is 55.8 Å². The fourth-order valence-electron chi connectivity index (χ4n) is 1.67. The average molecular weight is 344 g/mol. The highest BCUT2D eigenvalue weighted by molar-refractivity contribution is 14.1. The van der Waals surface area contributed by atoms with Crippen molar-refractivity contribution in [2.75, 3.05) is 0 Å². The second-order valence-corrected chi connectivity index (χ2v) is 6.25. The van der Waals surface area contributed by atoms with Crippen LogP contribution in [0.3, 0.4) is 0 Å². The van der Waals surface area contributed by atoms with Gasteiger partial charge in [-0.15, -0.1) is 11.3 Å². The second-order valence-electron chi connectivity index (χ2n) is 4.05. The van der Waals surface area contributed by atoms with E-state index in [1.165, 1.54) is 9.13 Å². The lowest BCUT2D eigenvalue weighted by atomic mass is 9.95. The molecule has 2 aromatic rings. The van der Waals surface area contributed by atoms with Crippen LogP contribution in [0.15, 0.2) is 41.8 Å². The van der Waals surface area contributed by atoms with Crippen LogP contribution in [0.5, 0.6) is 0 Å². The van der Waals surface area contributed by atoms with Crippen molar-refractivity contribution in [3.8, 4) is 0 Å². The van der Waals surface area contributed by atoms with Crippen molar-refractivity contribution < 1.29 is 5.11 Å². The fraction of sp³-hybridized carbons (Fsp3) is 0.231. The van der Waals surface area contributed by atoms with E-state index < -0.39 is 5.60 Å². The molecule has 0 bridgehead atoms. The second kappa shape index (κ2) is 4.85. The zero-order valence-electron chi connectivity index (χ0n) is 8.98. The summed E-state index contributed by atoms with van der Waals surface area (Å²) in [5.74, 6) is 0. The van der Waals surface area contributed by atoms with Gasteiger partial charge in [-0.05, 0) is 58.7 Å². The highest BCUT2D eigenvalue weighted by atomic mass is 127. The van der Waals surface area contributed by atoms with Crippen molar-refractivity contribution in [2.45, 2.75) is 18.9 Å². The van der Waals surface area contributed by atoms with Gasteiger partial charge in [0.1, 0.15) is 0 Å². The summed E-state index contributed by atoms with van der Waals surface area (Å²) in [7, 11) is 0. The molecule has 16 heavy (non-hydrogen) atoms. The Bertz CT molecular complexity index is 445.